The summed E-state index contributed by atoms with van der Waals surface area (Å²) in [5, 5.41) is 2.80. The summed E-state index contributed by atoms with van der Waals surface area (Å²) in [5.74, 6) is 6.21. The van der Waals surface area contributed by atoms with Crippen molar-refractivity contribution in [1.82, 2.24) is 10.2 Å². The molecule has 1 aliphatic heterocycles. The number of carbonyl (C=O) groups is 1. The highest BCUT2D eigenvalue weighted by Crippen LogP contribution is 2.09. The molecule has 1 saturated heterocycles. The molecule has 2 aromatic carbocycles. The third-order valence-electron chi connectivity index (χ3n) is 4.55. The van der Waals surface area contributed by atoms with Crippen molar-refractivity contribution in [2.24, 2.45) is 5.73 Å². The Hall–Kier alpha value is -2.65. The Labute approximate surface area is 166 Å². The van der Waals surface area contributed by atoms with E-state index >= 15 is 0 Å². The smallest absolute Gasteiger partial charge is 0.251 e. The number of nitrogens with two attached hydrogens (primary N) is 1. The zero-order valence-electron chi connectivity index (χ0n) is 16.3. The van der Waals surface area contributed by atoms with Gasteiger partial charge in [-0.05, 0) is 48.9 Å². The van der Waals surface area contributed by atoms with E-state index in [1.165, 1.54) is 5.56 Å². The number of rotatable bonds is 5. The number of morpholine rings is 1. The van der Waals surface area contributed by atoms with Crippen LogP contribution < -0.4 is 11.1 Å². The molecule has 1 aliphatic rings. The standard InChI is InChI=1S/C23H27N3O2/c1-18(24)16-25-23(27)22-10-8-20(9-11-22)3-2-19-4-6-21(7-5-19)17-26-12-14-28-15-13-26/h4-11,18H,12-17,24H2,1H3,(H,25,27)/t18-/m0/s1. The van der Waals surface area contributed by atoms with Gasteiger partial charge >= 0.3 is 0 Å². The Morgan fingerprint density at radius 2 is 1.64 bits per heavy atom. The molecule has 5 nitrogen and oxygen atoms in total. The van der Waals surface area contributed by atoms with Gasteiger partial charge in [0.25, 0.3) is 5.91 Å². The van der Waals surface area contributed by atoms with Crippen LogP contribution in [-0.4, -0.2) is 49.7 Å². The van der Waals surface area contributed by atoms with E-state index in [2.05, 4.69) is 46.3 Å². The monoisotopic (exact) mass is 377 g/mol. The molecular weight excluding hydrogens is 350 g/mol. The van der Waals surface area contributed by atoms with E-state index in [9.17, 15) is 4.79 Å². The largest absolute Gasteiger partial charge is 0.379 e. The lowest BCUT2D eigenvalue weighted by atomic mass is 10.1. The summed E-state index contributed by atoms with van der Waals surface area (Å²) >= 11 is 0. The van der Waals surface area contributed by atoms with Crippen LogP contribution in [0.3, 0.4) is 0 Å². The minimum absolute atomic E-state index is 0.0608. The van der Waals surface area contributed by atoms with E-state index in [0.29, 0.717) is 12.1 Å². The van der Waals surface area contributed by atoms with Gasteiger partial charge in [-0.25, -0.2) is 0 Å². The molecule has 0 unspecified atom stereocenters. The molecule has 3 rings (SSSR count). The fourth-order valence-corrected chi connectivity index (χ4v) is 2.92. The molecule has 5 heteroatoms. The SMILES string of the molecule is C[C@H](N)CNC(=O)c1ccc(C#Cc2ccc(CN3CCOCC3)cc2)cc1. The highest BCUT2D eigenvalue weighted by molar-refractivity contribution is 5.94. The average Bonchev–Trinajstić information content (AvgIpc) is 2.72. The third-order valence-corrected chi connectivity index (χ3v) is 4.55. The van der Waals surface area contributed by atoms with Crippen LogP contribution in [0.25, 0.3) is 0 Å². The van der Waals surface area contributed by atoms with Gasteiger partial charge in [0.1, 0.15) is 0 Å². The van der Waals surface area contributed by atoms with Crippen LogP contribution in [0, 0.1) is 11.8 Å². The number of hydrogen-bond acceptors (Lipinski definition) is 4. The number of nitrogens with zero attached hydrogens (tertiary/aromatic N) is 1. The molecular formula is C23H27N3O2. The first-order chi connectivity index (χ1) is 13.6. The van der Waals surface area contributed by atoms with Crippen molar-refractivity contribution in [3.05, 3.63) is 70.8 Å². The Bertz CT molecular complexity index is 827. The Morgan fingerprint density at radius 1 is 1.07 bits per heavy atom. The first-order valence-corrected chi connectivity index (χ1v) is 9.65. The highest BCUT2D eigenvalue weighted by Gasteiger charge is 2.10. The number of amides is 1. The second-order valence-corrected chi connectivity index (χ2v) is 7.10. The van der Waals surface area contributed by atoms with Crippen LogP contribution in [0.15, 0.2) is 48.5 Å². The topological polar surface area (TPSA) is 67.6 Å². The van der Waals surface area contributed by atoms with Gasteiger partial charge in [0, 0.05) is 48.9 Å². The molecule has 1 heterocycles. The molecule has 0 spiro atoms. The van der Waals surface area contributed by atoms with Crippen molar-refractivity contribution in [3.63, 3.8) is 0 Å². The average molecular weight is 377 g/mol. The molecule has 0 aliphatic carbocycles. The zero-order chi connectivity index (χ0) is 19.8. The first kappa shape index (κ1) is 20.1. The molecule has 1 amide bonds. The maximum atomic E-state index is 12.0. The number of benzene rings is 2. The van der Waals surface area contributed by atoms with Gasteiger partial charge in [-0.15, -0.1) is 0 Å². The summed E-state index contributed by atoms with van der Waals surface area (Å²) in [6.07, 6.45) is 0. The summed E-state index contributed by atoms with van der Waals surface area (Å²) in [5.41, 5.74) is 9.40. The Kier molecular flexibility index (Phi) is 7.21. The van der Waals surface area contributed by atoms with Crippen LogP contribution >= 0.6 is 0 Å². The van der Waals surface area contributed by atoms with Gasteiger partial charge in [0.2, 0.25) is 0 Å². The molecule has 0 radical (unpaired) electrons. The second-order valence-electron chi connectivity index (χ2n) is 7.10. The fraction of sp³-hybridized carbons (Fsp3) is 0.348. The Morgan fingerprint density at radius 3 is 2.21 bits per heavy atom. The van der Waals surface area contributed by atoms with Crippen molar-refractivity contribution in [1.29, 1.82) is 0 Å². The highest BCUT2D eigenvalue weighted by atomic mass is 16.5. The molecule has 146 valence electrons. The van der Waals surface area contributed by atoms with E-state index in [-0.39, 0.29) is 11.9 Å². The minimum Gasteiger partial charge on any atom is -0.379 e. The summed E-state index contributed by atoms with van der Waals surface area (Å²) in [6, 6.07) is 15.6. The lowest BCUT2D eigenvalue weighted by Gasteiger charge is -2.26. The summed E-state index contributed by atoms with van der Waals surface area (Å²) < 4.78 is 5.39. The van der Waals surface area contributed by atoms with Gasteiger partial charge < -0.3 is 15.8 Å². The molecule has 3 N–H and O–H groups in total. The van der Waals surface area contributed by atoms with E-state index in [4.69, 9.17) is 10.5 Å². The van der Waals surface area contributed by atoms with Gasteiger partial charge in [0.15, 0.2) is 0 Å². The maximum absolute atomic E-state index is 12.0. The van der Waals surface area contributed by atoms with E-state index in [1.807, 2.05) is 19.1 Å². The van der Waals surface area contributed by atoms with E-state index < -0.39 is 0 Å². The fourth-order valence-electron chi connectivity index (χ4n) is 2.92. The van der Waals surface area contributed by atoms with Crippen LogP contribution in [0.5, 0.6) is 0 Å². The van der Waals surface area contributed by atoms with Crippen molar-refractivity contribution < 1.29 is 9.53 Å². The predicted molar refractivity (Wildman–Crippen MR) is 111 cm³/mol. The molecule has 28 heavy (non-hydrogen) atoms. The lowest BCUT2D eigenvalue weighted by molar-refractivity contribution is 0.0342. The maximum Gasteiger partial charge on any atom is 0.251 e. The molecule has 0 saturated carbocycles. The minimum atomic E-state index is -0.118. The third kappa shape index (κ3) is 6.21. The van der Waals surface area contributed by atoms with Gasteiger partial charge in [-0.3, -0.25) is 9.69 Å². The van der Waals surface area contributed by atoms with Crippen LogP contribution in [0.4, 0.5) is 0 Å². The van der Waals surface area contributed by atoms with Gasteiger partial charge in [0.05, 0.1) is 13.2 Å². The normalized spacial score (nSPS) is 15.4. The molecule has 2 aromatic rings. The summed E-state index contributed by atoms with van der Waals surface area (Å²) in [6.45, 7) is 6.87. The molecule has 0 aromatic heterocycles. The van der Waals surface area contributed by atoms with E-state index in [1.54, 1.807) is 12.1 Å². The lowest BCUT2D eigenvalue weighted by Crippen LogP contribution is -2.35. The molecule has 1 atom stereocenters. The van der Waals surface area contributed by atoms with Crippen molar-refractivity contribution in [3.8, 4) is 11.8 Å². The van der Waals surface area contributed by atoms with Crippen molar-refractivity contribution >= 4 is 5.91 Å². The second kappa shape index (κ2) is 10.0. The van der Waals surface area contributed by atoms with E-state index in [0.717, 1.165) is 44.0 Å². The number of ether oxygens (including phenoxy) is 1. The van der Waals surface area contributed by atoms with Crippen LogP contribution in [-0.2, 0) is 11.3 Å². The zero-order valence-corrected chi connectivity index (χ0v) is 16.3. The van der Waals surface area contributed by atoms with Gasteiger partial charge in [-0.1, -0.05) is 24.0 Å². The number of hydrogen-bond donors (Lipinski definition) is 2. The predicted octanol–water partition coefficient (Wildman–Crippen LogP) is 2.00. The molecule has 1 fully saturated rings. The van der Waals surface area contributed by atoms with Crippen LogP contribution in [0.1, 0.15) is 34.0 Å². The number of nitrogens with one attached hydrogen (secondary N) is 1. The number of carbonyl (C=O) groups excluding carboxylic acids is 1. The Balaban J connectivity index is 1.56. The summed E-state index contributed by atoms with van der Waals surface area (Å²) in [7, 11) is 0. The molecule has 0 bridgehead atoms. The van der Waals surface area contributed by atoms with Crippen LogP contribution in [0.2, 0.25) is 0 Å². The van der Waals surface area contributed by atoms with Crippen molar-refractivity contribution in [2.75, 3.05) is 32.8 Å². The van der Waals surface area contributed by atoms with Crippen molar-refractivity contribution in [2.45, 2.75) is 19.5 Å². The quantitative estimate of drug-likeness (QED) is 0.782. The first-order valence-electron chi connectivity index (χ1n) is 9.65. The van der Waals surface area contributed by atoms with Gasteiger partial charge in [-0.2, -0.15) is 0 Å². The summed E-state index contributed by atoms with van der Waals surface area (Å²) in [4.78, 5) is 14.4.